The highest BCUT2D eigenvalue weighted by Crippen LogP contribution is 2.50. The van der Waals surface area contributed by atoms with E-state index in [2.05, 4.69) is 15.7 Å². The predicted octanol–water partition coefficient (Wildman–Crippen LogP) is 6.76. The summed E-state index contributed by atoms with van der Waals surface area (Å²) in [5, 5.41) is 9.62. The van der Waals surface area contributed by atoms with Gasteiger partial charge in [0.15, 0.2) is 0 Å². The van der Waals surface area contributed by atoms with Crippen molar-refractivity contribution in [2.45, 2.75) is 109 Å². The average Bonchev–Trinajstić information content (AvgIpc) is 3.60. The highest BCUT2D eigenvalue weighted by atomic mass is 19.4. The van der Waals surface area contributed by atoms with Crippen molar-refractivity contribution >= 4 is 11.8 Å². The third-order valence-electron chi connectivity index (χ3n) is 9.23. The van der Waals surface area contributed by atoms with Crippen molar-refractivity contribution in [2.75, 3.05) is 20.2 Å². The van der Waals surface area contributed by atoms with Crippen molar-refractivity contribution in [3.05, 3.63) is 52.3 Å². The first-order valence-electron chi connectivity index (χ1n) is 15.4. The minimum atomic E-state index is -4.48. The van der Waals surface area contributed by atoms with Crippen LogP contribution in [-0.4, -0.2) is 53.6 Å². The van der Waals surface area contributed by atoms with Gasteiger partial charge in [-0.25, -0.2) is 0 Å². The lowest BCUT2D eigenvalue weighted by atomic mass is 9.84. The summed E-state index contributed by atoms with van der Waals surface area (Å²) in [5.74, 6) is -1.01. The second-order valence-corrected chi connectivity index (χ2v) is 12.0. The van der Waals surface area contributed by atoms with Gasteiger partial charge >= 0.3 is 12.4 Å². The number of nitrogens with zero attached hydrogens (tertiary/aromatic N) is 2. The molecule has 0 spiro atoms. The largest absolute Gasteiger partial charge is 0.416 e. The molecule has 0 bridgehead atoms. The zero-order valence-electron chi connectivity index (χ0n) is 26.4. The van der Waals surface area contributed by atoms with E-state index in [1.165, 1.54) is 12.1 Å². The lowest BCUT2D eigenvalue weighted by Gasteiger charge is -2.34. The van der Waals surface area contributed by atoms with Crippen LogP contribution in [0.3, 0.4) is 0 Å². The van der Waals surface area contributed by atoms with E-state index in [0.29, 0.717) is 32.4 Å². The van der Waals surface area contributed by atoms with Crippen LogP contribution in [-0.2, 0) is 33.5 Å². The number of alkyl halides is 6. The molecule has 0 saturated heterocycles. The van der Waals surface area contributed by atoms with Gasteiger partial charge in [-0.15, -0.1) is 0 Å². The van der Waals surface area contributed by atoms with E-state index in [4.69, 9.17) is 4.74 Å². The highest BCUT2D eigenvalue weighted by Gasteiger charge is 2.60. The third-order valence-corrected chi connectivity index (χ3v) is 9.23. The molecule has 2 aliphatic rings. The number of nitrogens with one attached hydrogen (secondary N) is 2. The van der Waals surface area contributed by atoms with Gasteiger partial charge in [0.25, 0.3) is 5.91 Å². The molecule has 2 aromatic rings. The highest BCUT2D eigenvalue weighted by molar-refractivity contribution is 5.85. The van der Waals surface area contributed by atoms with E-state index in [1.54, 1.807) is 11.8 Å². The molecule has 1 aromatic carbocycles. The Bertz CT molecular complexity index is 1280. The van der Waals surface area contributed by atoms with Crippen molar-refractivity contribution in [2.24, 2.45) is 5.41 Å². The summed E-state index contributed by atoms with van der Waals surface area (Å²) in [6, 6.07) is 5.02. The molecule has 252 valence electrons. The number of rotatable bonds is 9. The van der Waals surface area contributed by atoms with Crippen LogP contribution in [0.5, 0.6) is 0 Å². The van der Waals surface area contributed by atoms with Crippen LogP contribution in [0.1, 0.15) is 85.9 Å². The van der Waals surface area contributed by atoms with Gasteiger partial charge in [-0.1, -0.05) is 44.2 Å². The molecule has 4 rings (SSSR count). The second kappa shape index (κ2) is 15.0. The first-order chi connectivity index (χ1) is 21.1. The first kappa shape index (κ1) is 36.4. The Balaban J connectivity index is 0.000000246. The van der Waals surface area contributed by atoms with Crippen LogP contribution in [0.2, 0.25) is 0 Å². The molecule has 2 aliphatic carbocycles. The zero-order valence-corrected chi connectivity index (χ0v) is 26.4. The summed E-state index contributed by atoms with van der Waals surface area (Å²) in [6.45, 7) is 6.65. The van der Waals surface area contributed by atoms with Gasteiger partial charge < -0.3 is 15.4 Å². The molecule has 2 N–H and O–H groups in total. The Morgan fingerprint density at radius 2 is 1.40 bits per heavy atom. The number of ether oxygens (including phenoxy) is 1. The van der Waals surface area contributed by atoms with Crippen LogP contribution in [0, 0.1) is 26.2 Å². The summed E-state index contributed by atoms with van der Waals surface area (Å²) >= 11 is 0. The molecule has 0 radical (unpaired) electrons. The quantitative estimate of drug-likeness (QED) is 0.295. The van der Waals surface area contributed by atoms with Crippen LogP contribution >= 0.6 is 0 Å². The van der Waals surface area contributed by atoms with Gasteiger partial charge in [-0.3, -0.25) is 14.3 Å². The Hall–Kier alpha value is -3.09. The Morgan fingerprint density at radius 1 is 0.844 bits per heavy atom. The molecule has 2 fully saturated rings. The minimum absolute atomic E-state index is 0.110. The van der Waals surface area contributed by atoms with E-state index in [1.807, 2.05) is 20.8 Å². The Labute approximate surface area is 260 Å². The van der Waals surface area contributed by atoms with Gasteiger partial charge in [0.05, 0.1) is 17.8 Å². The normalized spacial score (nSPS) is 17.7. The zero-order chi connectivity index (χ0) is 33.5. The molecule has 2 saturated carbocycles. The maximum Gasteiger partial charge on any atom is 0.416 e. The maximum absolute atomic E-state index is 13.3. The number of hydrogen-bond donors (Lipinski definition) is 2. The van der Waals surface area contributed by atoms with E-state index in [0.717, 1.165) is 66.8 Å². The van der Waals surface area contributed by atoms with E-state index in [9.17, 15) is 35.9 Å². The standard InChI is InChI=1S/C17H22F3NO2.C15H22F3N3O/c1-23-16(10-3-2-4-11-16)15(22)21-12-9-13-5-7-14(8-6-13)17(18,19)20;1-10-11(2)20-21(12(10)3)9-8-19-13(22)14(15(16,17)18)6-4-5-7-14/h5-8H,2-4,9-12H2,1H3,(H,21,22);4-9H2,1-3H3,(H,19,22). The van der Waals surface area contributed by atoms with Gasteiger partial charge in [0.2, 0.25) is 5.91 Å². The van der Waals surface area contributed by atoms with Crippen molar-refractivity contribution in [1.82, 2.24) is 20.4 Å². The molecule has 13 heteroatoms. The average molecular weight is 647 g/mol. The minimum Gasteiger partial charge on any atom is -0.368 e. The molecule has 2 amide bonds. The maximum atomic E-state index is 13.3. The number of halogens is 6. The first-order valence-corrected chi connectivity index (χ1v) is 15.4. The number of amides is 2. The predicted molar refractivity (Wildman–Crippen MR) is 157 cm³/mol. The molecule has 0 atom stereocenters. The molecular weight excluding hydrogens is 602 g/mol. The fourth-order valence-corrected chi connectivity index (χ4v) is 6.06. The fraction of sp³-hybridized carbons (Fsp3) is 0.656. The summed E-state index contributed by atoms with van der Waals surface area (Å²) < 4.78 is 84.4. The number of aryl methyl sites for hydroxylation is 1. The summed E-state index contributed by atoms with van der Waals surface area (Å²) in [4.78, 5) is 24.4. The van der Waals surface area contributed by atoms with Crippen LogP contribution in [0.25, 0.3) is 0 Å². The number of benzene rings is 1. The molecular formula is C32H44F6N4O3. The number of hydrogen-bond acceptors (Lipinski definition) is 4. The number of carbonyl (C=O) groups excluding carboxylic acids is 2. The smallest absolute Gasteiger partial charge is 0.368 e. The topological polar surface area (TPSA) is 85.2 Å². The molecule has 0 unspecified atom stereocenters. The Kier molecular flexibility index (Phi) is 12.1. The monoisotopic (exact) mass is 646 g/mol. The number of carbonyl (C=O) groups is 2. The molecule has 45 heavy (non-hydrogen) atoms. The third kappa shape index (κ3) is 8.80. The fourth-order valence-electron chi connectivity index (χ4n) is 6.06. The molecule has 1 aromatic heterocycles. The van der Waals surface area contributed by atoms with Crippen molar-refractivity contribution in [3.8, 4) is 0 Å². The lowest BCUT2D eigenvalue weighted by molar-refractivity contribution is -0.220. The van der Waals surface area contributed by atoms with Crippen LogP contribution in [0.4, 0.5) is 26.3 Å². The van der Waals surface area contributed by atoms with Gasteiger partial charge in [-0.2, -0.15) is 31.4 Å². The molecule has 0 aliphatic heterocycles. The lowest BCUT2D eigenvalue weighted by Crippen LogP contribution is -2.50. The second-order valence-electron chi connectivity index (χ2n) is 12.0. The van der Waals surface area contributed by atoms with E-state index in [-0.39, 0.29) is 25.3 Å². The van der Waals surface area contributed by atoms with E-state index >= 15 is 0 Å². The SMILES string of the molecule is COC1(C(=O)NCCc2ccc(C(F)(F)F)cc2)CCCCC1.Cc1nn(CCNC(=O)C2(C(F)(F)F)CCCC2)c(C)c1C. The van der Waals surface area contributed by atoms with Gasteiger partial charge in [0, 0.05) is 25.9 Å². The van der Waals surface area contributed by atoms with Gasteiger partial charge in [-0.05, 0) is 76.1 Å². The molecule has 7 nitrogen and oxygen atoms in total. The van der Waals surface area contributed by atoms with Crippen molar-refractivity contribution in [3.63, 3.8) is 0 Å². The van der Waals surface area contributed by atoms with E-state index < -0.39 is 34.8 Å². The van der Waals surface area contributed by atoms with Gasteiger partial charge in [0.1, 0.15) is 11.0 Å². The van der Waals surface area contributed by atoms with Crippen molar-refractivity contribution < 1.29 is 40.7 Å². The number of aromatic nitrogens is 2. The molecule has 1 heterocycles. The van der Waals surface area contributed by atoms with Crippen LogP contribution in [0.15, 0.2) is 24.3 Å². The van der Waals surface area contributed by atoms with Crippen molar-refractivity contribution in [1.29, 1.82) is 0 Å². The Morgan fingerprint density at radius 3 is 1.89 bits per heavy atom. The number of methoxy groups -OCH3 is 1. The summed E-state index contributed by atoms with van der Waals surface area (Å²) in [7, 11) is 1.56. The summed E-state index contributed by atoms with van der Waals surface area (Å²) in [6.07, 6.45) is -3.14. The summed E-state index contributed by atoms with van der Waals surface area (Å²) in [5.41, 5.74) is 0.0915. The van der Waals surface area contributed by atoms with Crippen LogP contribution < -0.4 is 10.6 Å².